The average molecular weight is 398 g/mol. The number of amides is 1. The topological polar surface area (TPSA) is 89.0 Å². The smallest absolute Gasteiger partial charge is 0.262 e. The third kappa shape index (κ3) is 4.52. The third-order valence-corrected chi connectivity index (χ3v) is 4.67. The normalized spacial score (nSPS) is 10.9. The van der Waals surface area contributed by atoms with Crippen molar-refractivity contribution in [1.82, 2.24) is 19.9 Å². The molecule has 8 heteroatoms. The number of aromatic nitrogens is 3. The zero-order chi connectivity index (χ0) is 20.1. The summed E-state index contributed by atoms with van der Waals surface area (Å²) in [5, 5.41) is 3.33. The molecule has 146 valence electrons. The van der Waals surface area contributed by atoms with E-state index in [1.165, 1.54) is 4.57 Å². The van der Waals surface area contributed by atoms with E-state index in [0.717, 1.165) is 11.4 Å². The van der Waals surface area contributed by atoms with Gasteiger partial charge in [0.1, 0.15) is 0 Å². The zero-order valence-corrected chi connectivity index (χ0v) is 16.6. The highest BCUT2D eigenvalue weighted by atomic mass is 32.1. The molecule has 7 nitrogen and oxygen atoms in total. The fourth-order valence-electron chi connectivity index (χ4n) is 2.94. The molecule has 0 saturated heterocycles. The van der Waals surface area contributed by atoms with Gasteiger partial charge in [0.05, 0.1) is 23.1 Å². The molecule has 3 rings (SSSR count). The molecule has 0 bridgehead atoms. The Morgan fingerprint density at radius 3 is 2.89 bits per heavy atom. The molecule has 1 amide bonds. The van der Waals surface area contributed by atoms with Crippen molar-refractivity contribution in [2.45, 2.75) is 26.4 Å². The first-order chi connectivity index (χ1) is 13.5. The van der Waals surface area contributed by atoms with Gasteiger partial charge in [0.25, 0.3) is 11.5 Å². The average Bonchev–Trinajstić information content (AvgIpc) is 2.68. The van der Waals surface area contributed by atoms with Crippen LogP contribution >= 0.6 is 12.2 Å². The Kier molecular flexibility index (Phi) is 6.33. The number of rotatable bonds is 7. The summed E-state index contributed by atoms with van der Waals surface area (Å²) in [6, 6.07) is 10.6. The Bertz CT molecular complexity index is 1120. The predicted octanol–water partition coefficient (Wildman–Crippen LogP) is 2.73. The molecular formula is C20H22N4O3S. The van der Waals surface area contributed by atoms with Crippen LogP contribution in [0.3, 0.4) is 0 Å². The van der Waals surface area contributed by atoms with Crippen molar-refractivity contribution in [1.29, 1.82) is 0 Å². The van der Waals surface area contributed by atoms with Gasteiger partial charge in [-0.2, -0.15) is 0 Å². The number of hydrogen-bond donors (Lipinski definition) is 2. The second-order valence-electron chi connectivity index (χ2n) is 6.45. The lowest BCUT2D eigenvalue weighted by atomic mass is 10.1. The van der Waals surface area contributed by atoms with Crippen LogP contribution in [0.1, 0.15) is 28.2 Å². The molecule has 0 aliphatic carbocycles. The number of nitrogens with one attached hydrogen (secondary N) is 2. The molecule has 3 aromatic rings. The summed E-state index contributed by atoms with van der Waals surface area (Å²) in [6.45, 7) is 3.26. The van der Waals surface area contributed by atoms with Gasteiger partial charge in [0.2, 0.25) is 0 Å². The van der Waals surface area contributed by atoms with Crippen LogP contribution in [-0.2, 0) is 17.8 Å². The summed E-state index contributed by atoms with van der Waals surface area (Å²) < 4.78 is 6.87. The number of benzene rings is 1. The van der Waals surface area contributed by atoms with E-state index in [0.29, 0.717) is 47.4 Å². The molecule has 0 aliphatic heterocycles. The second kappa shape index (κ2) is 8.90. The highest BCUT2D eigenvalue weighted by Gasteiger charge is 2.10. The van der Waals surface area contributed by atoms with Crippen LogP contribution in [0.25, 0.3) is 10.9 Å². The monoisotopic (exact) mass is 398 g/mol. The fourth-order valence-corrected chi connectivity index (χ4v) is 3.22. The van der Waals surface area contributed by atoms with Crippen LogP contribution in [0.4, 0.5) is 0 Å². The molecule has 2 heterocycles. The molecule has 2 N–H and O–H groups in total. The van der Waals surface area contributed by atoms with Gasteiger partial charge in [0.15, 0.2) is 4.77 Å². The predicted molar refractivity (Wildman–Crippen MR) is 110 cm³/mol. The lowest BCUT2D eigenvalue weighted by Gasteiger charge is -2.09. The molecule has 0 radical (unpaired) electrons. The Morgan fingerprint density at radius 1 is 1.32 bits per heavy atom. The molecule has 28 heavy (non-hydrogen) atoms. The van der Waals surface area contributed by atoms with Gasteiger partial charge >= 0.3 is 0 Å². The number of fused-ring (bicyclic) bond motifs is 1. The standard InChI is InChI=1S/C20H22N4O3S/c1-13-5-3-6-15(22-13)12-21-18(25)14-7-8-16-17(11-14)23-20(28)24(19(16)26)9-4-10-27-2/h3,5-8,11H,4,9-10,12H2,1-2H3,(H,21,25)(H,23,28). The van der Waals surface area contributed by atoms with Crippen molar-refractivity contribution in [3.63, 3.8) is 0 Å². The van der Waals surface area contributed by atoms with E-state index in [1.54, 1.807) is 25.3 Å². The minimum atomic E-state index is -0.242. The minimum absolute atomic E-state index is 0.175. The number of methoxy groups -OCH3 is 1. The molecule has 2 aromatic heterocycles. The molecule has 0 fully saturated rings. The number of hydrogen-bond acceptors (Lipinski definition) is 5. The van der Waals surface area contributed by atoms with Gasteiger partial charge in [-0.25, -0.2) is 0 Å². The van der Waals surface area contributed by atoms with Crippen molar-refractivity contribution in [3.05, 3.63) is 68.5 Å². The van der Waals surface area contributed by atoms with Gasteiger partial charge in [-0.15, -0.1) is 0 Å². The lowest BCUT2D eigenvalue weighted by molar-refractivity contribution is 0.0950. The van der Waals surface area contributed by atoms with Gasteiger partial charge in [-0.05, 0) is 55.9 Å². The van der Waals surface area contributed by atoms with E-state index in [9.17, 15) is 9.59 Å². The van der Waals surface area contributed by atoms with Crippen LogP contribution in [0.5, 0.6) is 0 Å². The number of pyridine rings is 1. The van der Waals surface area contributed by atoms with E-state index in [1.807, 2.05) is 25.1 Å². The summed E-state index contributed by atoms with van der Waals surface area (Å²) in [7, 11) is 1.62. The van der Waals surface area contributed by atoms with Gasteiger partial charge < -0.3 is 15.0 Å². The number of ether oxygens (including phenoxy) is 1. The third-order valence-electron chi connectivity index (χ3n) is 4.35. The van der Waals surface area contributed by atoms with Crippen LogP contribution in [0, 0.1) is 11.7 Å². The van der Waals surface area contributed by atoms with E-state index in [4.69, 9.17) is 17.0 Å². The van der Waals surface area contributed by atoms with Gasteiger partial charge in [-0.3, -0.25) is 19.1 Å². The lowest BCUT2D eigenvalue weighted by Crippen LogP contribution is -2.25. The Hall–Kier alpha value is -2.84. The first-order valence-electron chi connectivity index (χ1n) is 8.96. The number of H-pyrrole nitrogens is 1. The van der Waals surface area contributed by atoms with Crippen LogP contribution in [0.2, 0.25) is 0 Å². The van der Waals surface area contributed by atoms with E-state index in [-0.39, 0.29) is 11.5 Å². The van der Waals surface area contributed by atoms with Gasteiger partial charge in [-0.1, -0.05) is 6.07 Å². The molecular weight excluding hydrogens is 376 g/mol. The van der Waals surface area contributed by atoms with Gasteiger partial charge in [0, 0.05) is 31.5 Å². The largest absolute Gasteiger partial charge is 0.385 e. The summed E-state index contributed by atoms with van der Waals surface area (Å²) >= 11 is 5.31. The molecule has 0 spiro atoms. The molecule has 1 aromatic carbocycles. The van der Waals surface area contributed by atoms with Crippen LogP contribution in [-0.4, -0.2) is 34.2 Å². The first-order valence-corrected chi connectivity index (χ1v) is 9.37. The summed E-state index contributed by atoms with van der Waals surface area (Å²) in [5.41, 5.74) is 2.49. The Balaban J connectivity index is 1.81. The molecule has 0 saturated carbocycles. The maximum Gasteiger partial charge on any atom is 0.262 e. The SMILES string of the molecule is COCCCn1c(=S)[nH]c2cc(C(=O)NCc3cccc(C)n3)ccc2c1=O. The van der Waals surface area contributed by atoms with E-state index < -0.39 is 0 Å². The van der Waals surface area contributed by atoms with Crippen molar-refractivity contribution < 1.29 is 9.53 Å². The summed E-state index contributed by atoms with van der Waals surface area (Å²) in [4.78, 5) is 32.6. The minimum Gasteiger partial charge on any atom is -0.385 e. The number of carbonyl (C=O) groups is 1. The van der Waals surface area contributed by atoms with E-state index >= 15 is 0 Å². The second-order valence-corrected chi connectivity index (χ2v) is 6.83. The maximum atomic E-state index is 12.7. The number of aryl methyl sites for hydroxylation is 1. The van der Waals surface area contributed by atoms with Crippen LogP contribution in [0.15, 0.2) is 41.2 Å². The highest BCUT2D eigenvalue weighted by molar-refractivity contribution is 7.71. The molecule has 0 atom stereocenters. The number of carbonyl (C=O) groups excluding carboxylic acids is 1. The maximum absolute atomic E-state index is 12.7. The highest BCUT2D eigenvalue weighted by Crippen LogP contribution is 2.11. The van der Waals surface area contributed by atoms with Crippen molar-refractivity contribution in [2.75, 3.05) is 13.7 Å². The Morgan fingerprint density at radius 2 is 2.14 bits per heavy atom. The number of aromatic amines is 1. The van der Waals surface area contributed by atoms with Crippen molar-refractivity contribution >= 4 is 29.0 Å². The first kappa shape index (κ1) is 19.9. The number of nitrogens with zero attached hydrogens (tertiary/aromatic N) is 2. The van der Waals surface area contributed by atoms with Crippen molar-refractivity contribution in [2.24, 2.45) is 0 Å². The van der Waals surface area contributed by atoms with E-state index in [2.05, 4.69) is 15.3 Å². The molecule has 0 aliphatic rings. The fraction of sp³-hybridized carbons (Fsp3) is 0.300. The van der Waals surface area contributed by atoms with Crippen LogP contribution < -0.4 is 10.9 Å². The quantitative estimate of drug-likeness (QED) is 0.472. The zero-order valence-electron chi connectivity index (χ0n) is 15.8. The molecule has 0 unspecified atom stereocenters. The summed E-state index contributed by atoms with van der Waals surface area (Å²) in [5.74, 6) is -0.242. The summed E-state index contributed by atoms with van der Waals surface area (Å²) in [6.07, 6.45) is 0.687. The van der Waals surface area contributed by atoms with Crippen molar-refractivity contribution in [3.8, 4) is 0 Å². The Labute approximate surface area is 167 Å².